The van der Waals surface area contributed by atoms with Gasteiger partial charge in [0.25, 0.3) is 5.91 Å². The minimum atomic E-state index is -1.63. The molecule has 1 unspecified atom stereocenters. The van der Waals surface area contributed by atoms with Crippen molar-refractivity contribution < 1.29 is 14.4 Å². The normalized spacial score (nSPS) is 19.6. The summed E-state index contributed by atoms with van der Waals surface area (Å²) in [5, 5.41) is 14.8. The fraction of sp³-hybridized carbons (Fsp3) is 0.190. The number of benzene rings is 1. The predicted octanol–water partition coefficient (Wildman–Crippen LogP) is 2.71. The summed E-state index contributed by atoms with van der Waals surface area (Å²) >= 11 is 0. The van der Waals surface area contributed by atoms with Gasteiger partial charge in [-0.2, -0.15) is 0 Å². The Balaban J connectivity index is 1.50. The van der Waals surface area contributed by atoms with Gasteiger partial charge < -0.3 is 18.9 Å². The van der Waals surface area contributed by atoms with Gasteiger partial charge in [0.2, 0.25) is 5.60 Å². The van der Waals surface area contributed by atoms with Crippen LogP contribution in [0.3, 0.4) is 0 Å². The number of carbonyl (C=O) groups is 1. The Morgan fingerprint density at radius 2 is 2.00 bits per heavy atom. The van der Waals surface area contributed by atoms with Gasteiger partial charge >= 0.3 is 0 Å². The zero-order valence-corrected chi connectivity index (χ0v) is 15.2. The van der Waals surface area contributed by atoms with Crippen LogP contribution in [0.5, 0.6) is 0 Å². The van der Waals surface area contributed by atoms with Crippen LogP contribution in [0.2, 0.25) is 0 Å². The van der Waals surface area contributed by atoms with Crippen molar-refractivity contribution in [3.05, 3.63) is 66.9 Å². The molecule has 0 bridgehead atoms. The van der Waals surface area contributed by atoms with E-state index >= 15 is 0 Å². The standard InChI is InChI=1S/C21H18N4O3/c1-24-8-7-21(27,20(24)26)19-10-18(23-28-19)15-4-2-3-14(9-15)16-5-6-17-11-22-13-25(17)12-16/h2-6,9-13,27H,7-8H2,1H3. The van der Waals surface area contributed by atoms with E-state index in [1.54, 1.807) is 19.4 Å². The van der Waals surface area contributed by atoms with E-state index in [0.717, 1.165) is 22.2 Å². The molecule has 4 heterocycles. The number of likely N-dealkylation sites (tertiary alicyclic amines) is 1. The Bertz CT molecular complexity index is 1200. The van der Waals surface area contributed by atoms with Crippen LogP contribution >= 0.6 is 0 Å². The summed E-state index contributed by atoms with van der Waals surface area (Å²) in [5.41, 5.74) is 2.89. The average molecular weight is 374 g/mol. The van der Waals surface area contributed by atoms with Crippen molar-refractivity contribution in [2.45, 2.75) is 12.0 Å². The summed E-state index contributed by atoms with van der Waals surface area (Å²) in [5.74, 6) is -0.181. The third-order valence-corrected chi connectivity index (χ3v) is 5.33. The van der Waals surface area contributed by atoms with Crippen LogP contribution < -0.4 is 0 Å². The van der Waals surface area contributed by atoms with Gasteiger partial charge in [-0.25, -0.2) is 4.98 Å². The maximum absolute atomic E-state index is 12.3. The van der Waals surface area contributed by atoms with E-state index in [-0.39, 0.29) is 11.7 Å². The molecule has 28 heavy (non-hydrogen) atoms. The van der Waals surface area contributed by atoms with Crippen molar-refractivity contribution in [2.75, 3.05) is 13.6 Å². The first-order valence-corrected chi connectivity index (χ1v) is 9.02. The Morgan fingerprint density at radius 3 is 2.82 bits per heavy atom. The molecule has 3 aromatic heterocycles. The van der Waals surface area contributed by atoms with Crippen LogP contribution in [0.4, 0.5) is 0 Å². The van der Waals surface area contributed by atoms with Crippen LogP contribution in [0.1, 0.15) is 12.2 Å². The lowest BCUT2D eigenvalue weighted by atomic mass is 9.97. The molecule has 1 amide bonds. The number of amides is 1. The van der Waals surface area contributed by atoms with Crippen molar-refractivity contribution >= 4 is 11.4 Å². The number of fused-ring (bicyclic) bond motifs is 1. The Kier molecular flexibility index (Phi) is 3.60. The largest absolute Gasteiger partial charge is 0.373 e. The zero-order chi connectivity index (χ0) is 19.3. The molecule has 0 spiro atoms. The lowest BCUT2D eigenvalue weighted by Gasteiger charge is -2.16. The molecule has 5 rings (SSSR count). The number of pyridine rings is 1. The highest BCUT2D eigenvalue weighted by Gasteiger charge is 2.48. The first kappa shape index (κ1) is 16.7. The van der Waals surface area contributed by atoms with E-state index in [2.05, 4.69) is 10.1 Å². The molecule has 7 heteroatoms. The Labute approximate surface area is 160 Å². The molecule has 1 saturated heterocycles. The molecule has 0 radical (unpaired) electrons. The molecule has 1 aliphatic rings. The van der Waals surface area contributed by atoms with E-state index in [9.17, 15) is 9.90 Å². The molecule has 140 valence electrons. The van der Waals surface area contributed by atoms with Crippen LogP contribution in [-0.4, -0.2) is 44.0 Å². The molecule has 0 saturated carbocycles. The molecular weight excluding hydrogens is 356 g/mol. The van der Waals surface area contributed by atoms with Gasteiger partial charge in [-0.05, 0) is 23.3 Å². The van der Waals surface area contributed by atoms with Gasteiger partial charge in [0.05, 0.1) is 18.0 Å². The summed E-state index contributed by atoms with van der Waals surface area (Å²) in [7, 11) is 1.66. The molecule has 1 N–H and O–H groups in total. The number of rotatable bonds is 3. The maximum Gasteiger partial charge on any atom is 0.262 e. The first-order chi connectivity index (χ1) is 13.5. The predicted molar refractivity (Wildman–Crippen MR) is 102 cm³/mol. The Morgan fingerprint density at radius 1 is 1.14 bits per heavy atom. The van der Waals surface area contributed by atoms with Gasteiger partial charge in [0.15, 0.2) is 5.76 Å². The second-order valence-electron chi connectivity index (χ2n) is 7.14. The highest BCUT2D eigenvalue weighted by atomic mass is 16.5. The quantitative estimate of drug-likeness (QED) is 0.596. The lowest BCUT2D eigenvalue weighted by molar-refractivity contribution is -0.144. The highest BCUT2D eigenvalue weighted by Crippen LogP contribution is 2.35. The van der Waals surface area contributed by atoms with E-state index in [4.69, 9.17) is 4.52 Å². The second kappa shape index (κ2) is 6.03. The highest BCUT2D eigenvalue weighted by molar-refractivity contribution is 5.87. The zero-order valence-electron chi connectivity index (χ0n) is 15.2. The molecule has 0 aliphatic carbocycles. The van der Waals surface area contributed by atoms with Gasteiger partial charge in [-0.1, -0.05) is 29.4 Å². The summed E-state index contributed by atoms with van der Waals surface area (Å²) < 4.78 is 7.32. The molecule has 1 aromatic carbocycles. The minimum Gasteiger partial charge on any atom is -0.373 e. The minimum absolute atomic E-state index is 0.182. The molecule has 7 nitrogen and oxygen atoms in total. The van der Waals surface area contributed by atoms with Gasteiger partial charge in [0.1, 0.15) is 5.69 Å². The topological polar surface area (TPSA) is 83.9 Å². The average Bonchev–Trinajstić information content (AvgIpc) is 3.45. The third kappa shape index (κ3) is 2.51. The number of likely N-dealkylation sites (N-methyl/N-ethyl adjacent to an activating group) is 1. The number of aliphatic hydroxyl groups is 1. The molecular formula is C21H18N4O3. The van der Waals surface area contributed by atoms with Crippen LogP contribution in [0, 0.1) is 0 Å². The molecule has 1 atom stereocenters. The van der Waals surface area contributed by atoms with Crippen molar-refractivity contribution in [3.8, 4) is 22.4 Å². The van der Waals surface area contributed by atoms with E-state index in [0.29, 0.717) is 18.7 Å². The SMILES string of the molecule is CN1CCC(O)(c2cc(-c3cccc(-c4ccc5cncn5c4)c3)no2)C1=O. The summed E-state index contributed by atoms with van der Waals surface area (Å²) in [6, 6.07) is 13.6. The summed E-state index contributed by atoms with van der Waals surface area (Å²) in [6.07, 6.45) is 5.89. The fourth-order valence-corrected chi connectivity index (χ4v) is 3.64. The summed E-state index contributed by atoms with van der Waals surface area (Å²) in [4.78, 5) is 17.9. The maximum atomic E-state index is 12.3. The van der Waals surface area contributed by atoms with Gasteiger partial charge in [0, 0.05) is 37.8 Å². The Hall–Kier alpha value is -3.45. The van der Waals surface area contributed by atoms with Crippen molar-refractivity contribution in [3.63, 3.8) is 0 Å². The van der Waals surface area contributed by atoms with Crippen molar-refractivity contribution in [1.82, 2.24) is 19.4 Å². The van der Waals surface area contributed by atoms with Crippen molar-refractivity contribution in [1.29, 1.82) is 0 Å². The second-order valence-corrected chi connectivity index (χ2v) is 7.14. The molecule has 1 fully saturated rings. The van der Waals surface area contributed by atoms with E-state index in [1.807, 2.05) is 53.2 Å². The number of nitrogens with zero attached hydrogens (tertiary/aromatic N) is 4. The number of hydrogen-bond acceptors (Lipinski definition) is 5. The lowest BCUT2D eigenvalue weighted by Crippen LogP contribution is -2.35. The molecule has 4 aromatic rings. The van der Waals surface area contributed by atoms with E-state index in [1.165, 1.54) is 4.90 Å². The summed E-state index contributed by atoms with van der Waals surface area (Å²) in [6.45, 7) is 0.484. The smallest absolute Gasteiger partial charge is 0.262 e. The van der Waals surface area contributed by atoms with Gasteiger partial charge in [-0.3, -0.25) is 4.79 Å². The van der Waals surface area contributed by atoms with Gasteiger partial charge in [-0.15, -0.1) is 0 Å². The first-order valence-electron chi connectivity index (χ1n) is 9.02. The third-order valence-electron chi connectivity index (χ3n) is 5.33. The number of hydrogen-bond donors (Lipinski definition) is 1. The molecule has 1 aliphatic heterocycles. The van der Waals surface area contributed by atoms with Crippen LogP contribution in [-0.2, 0) is 10.4 Å². The number of carbonyl (C=O) groups excluding carboxylic acids is 1. The number of imidazole rings is 1. The monoisotopic (exact) mass is 374 g/mol. The van der Waals surface area contributed by atoms with E-state index < -0.39 is 5.60 Å². The van der Waals surface area contributed by atoms with Crippen molar-refractivity contribution in [2.24, 2.45) is 0 Å². The van der Waals surface area contributed by atoms with Crippen LogP contribution in [0.15, 0.2) is 65.7 Å². The van der Waals surface area contributed by atoms with Crippen LogP contribution in [0.25, 0.3) is 27.9 Å². The fourth-order valence-electron chi connectivity index (χ4n) is 3.64. The number of aromatic nitrogens is 3.